The van der Waals surface area contributed by atoms with Crippen molar-refractivity contribution in [1.82, 2.24) is 0 Å². The molecule has 4 nitrogen and oxygen atoms in total. The van der Waals surface area contributed by atoms with Crippen LogP contribution in [0.15, 0.2) is 35.0 Å². The van der Waals surface area contributed by atoms with E-state index in [1.807, 2.05) is 0 Å². The highest BCUT2D eigenvalue weighted by Crippen LogP contribution is 2.18. The number of nitro groups is 1. The third-order valence-corrected chi connectivity index (χ3v) is 1.51. The van der Waals surface area contributed by atoms with Gasteiger partial charge in [-0.3, -0.25) is 10.1 Å². The van der Waals surface area contributed by atoms with Crippen LogP contribution in [0.5, 0.6) is 5.75 Å². The number of ether oxygens (including phenoxy) is 1. The Labute approximate surface area is 89.8 Å². The van der Waals surface area contributed by atoms with Crippen LogP contribution < -0.4 is 4.74 Å². The number of halogens is 2. The summed E-state index contributed by atoms with van der Waals surface area (Å²) in [6.45, 7) is 0. The molecule has 0 aliphatic heterocycles. The van der Waals surface area contributed by atoms with Crippen LogP contribution in [-0.4, -0.2) is 4.92 Å². The summed E-state index contributed by atoms with van der Waals surface area (Å²) in [5, 5.41) is 10.3. The van der Waals surface area contributed by atoms with Gasteiger partial charge in [0, 0.05) is 12.1 Å². The lowest BCUT2D eigenvalue weighted by Crippen LogP contribution is -1.87. The number of non-ortho nitro benzene ring substituents is 1. The summed E-state index contributed by atoms with van der Waals surface area (Å²) in [7, 11) is 0. The van der Waals surface area contributed by atoms with Gasteiger partial charge in [0.05, 0.1) is 4.92 Å². The molecule has 0 saturated heterocycles. The minimum atomic E-state index is -0.492. The molecule has 0 atom stereocenters. The van der Waals surface area contributed by atoms with E-state index in [1.165, 1.54) is 24.3 Å². The fraction of sp³-hybridized carbons (Fsp3) is 0. The van der Waals surface area contributed by atoms with E-state index in [1.54, 1.807) is 0 Å². The Morgan fingerprint density at radius 2 is 1.93 bits per heavy atom. The molecule has 0 amide bonds. The first-order valence-corrected chi connectivity index (χ1v) is 4.27. The molecule has 0 fully saturated rings. The van der Waals surface area contributed by atoms with Gasteiger partial charge in [0.15, 0.2) is 0 Å². The van der Waals surface area contributed by atoms with Gasteiger partial charge < -0.3 is 4.74 Å². The topological polar surface area (TPSA) is 52.4 Å². The van der Waals surface area contributed by atoms with Crippen molar-refractivity contribution in [2.24, 2.45) is 0 Å². The van der Waals surface area contributed by atoms with Crippen LogP contribution in [0.1, 0.15) is 0 Å². The number of nitro benzene ring substituents is 1. The molecule has 0 aliphatic carbocycles. The molecule has 6 heteroatoms. The third-order valence-electron chi connectivity index (χ3n) is 1.33. The number of hydrogen-bond donors (Lipinski definition) is 0. The van der Waals surface area contributed by atoms with Gasteiger partial charge in [0.2, 0.25) is 0 Å². The van der Waals surface area contributed by atoms with Crippen LogP contribution in [0.2, 0.25) is 0 Å². The molecule has 74 valence electrons. The van der Waals surface area contributed by atoms with E-state index < -0.39 is 4.92 Å². The Bertz CT molecular complexity index is 357. The van der Waals surface area contributed by atoms with Gasteiger partial charge in [0.25, 0.3) is 5.69 Å². The van der Waals surface area contributed by atoms with Crippen molar-refractivity contribution >= 4 is 28.9 Å². The molecule has 0 unspecified atom stereocenters. The first kappa shape index (κ1) is 10.8. The molecular formula is C8H5Cl2NO3. The summed E-state index contributed by atoms with van der Waals surface area (Å²) in [5.41, 5.74) is -0.00157. The second-order valence-corrected chi connectivity index (χ2v) is 3.28. The zero-order chi connectivity index (χ0) is 10.6. The summed E-state index contributed by atoms with van der Waals surface area (Å²) in [6, 6.07) is 5.55. The summed E-state index contributed by atoms with van der Waals surface area (Å²) in [4.78, 5) is 9.80. The van der Waals surface area contributed by atoms with E-state index in [4.69, 9.17) is 27.9 Å². The molecule has 1 rings (SSSR count). The number of rotatable bonds is 3. The van der Waals surface area contributed by atoms with Gasteiger partial charge in [-0.15, -0.1) is 0 Å². The van der Waals surface area contributed by atoms with Gasteiger partial charge in [0.1, 0.15) is 16.5 Å². The van der Waals surface area contributed by atoms with Crippen LogP contribution in [0.3, 0.4) is 0 Å². The smallest absolute Gasteiger partial charge is 0.269 e. The number of benzene rings is 1. The molecule has 0 aliphatic rings. The molecule has 1 aromatic carbocycles. The van der Waals surface area contributed by atoms with Crippen molar-refractivity contribution in [3.63, 3.8) is 0 Å². The maximum absolute atomic E-state index is 10.3. The van der Waals surface area contributed by atoms with Gasteiger partial charge in [-0.05, 0) is 12.1 Å². The van der Waals surface area contributed by atoms with Gasteiger partial charge >= 0.3 is 0 Å². The van der Waals surface area contributed by atoms with Crippen molar-refractivity contribution in [2.75, 3.05) is 0 Å². The van der Waals surface area contributed by atoms with Crippen molar-refractivity contribution < 1.29 is 9.66 Å². The van der Waals surface area contributed by atoms with Crippen LogP contribution in [0, 0.1) is 10.1 Å². The van der Waals surface area contributed by atoms with Crippen LogP contribution in [-0.2, 0) is 0 Å². The van der Waals surface area contributed by atoms with Crippen molar-refractivity contribution in [1.29, 1.82) is 0 Å². The summed E-state index contributed by atoms with van der Waals surface area (Å²) in [5.74, 6) is 0.425. The largest absolute Gasteiger partial charge is 0.462 e. The summed E-state index contributed by atoms with van der Waals surface area (Å²) >= 11 is 10.6. The number of hydrogen-bond acceptors (Lipinski definition) is 3. The second-order valence-electron chi connectivity index (χ2n) is 2.28. The highest BCUT2D eigenvalue weighted by atomic mass is 35.5. The Kier molecular flexibility index (Phi) is 3.73. The molecule has 0 bridgehead atoms. The lowest BCUT2D eigenvalue weighted by Gasteiger charge is -1.98. The molecule has 0 aromatic heterocycles. The minimum Gasteiger partial charge on any atom is -0.462 e. The van der Waals surface area contributed by atoms with Crippen molar-refractivity contribution in [3.8, 4) is 5.75 Å². The Balaban J connectivity index is 2.74. The normalized spacial score (nSPS) is 9.29. The van der Waals surface area contributed by atoms with Crippen LogP contribution >= 0.6 is 23.2 Å². The zero-order valence-corrected chi connectivity index (χ0v) is 8.33. The molecule has 0 saturated carbocycles. The van der Waals surface area contributed by atoms with E-state index in [-0.39, 0.29) is 10.2 Å². The van der Waals surface area contributed by atoms with Gasteiger partial charge in [-0.2, -0.15) is 0 Å². The maximum Gasteiger partial charge on any atom is 0.269 e. The first-order valence-electron chi connectivity index (χ1n) is 3.52. The van der Waals surface area contributed by atoms with Crippen molar-refractivity contribution in [3.05, 3.63) is 45.1 Å². The Morgan fingerprint density at radius 3 is 2.36 bits per heavy atom. The molecule has 0 spiro atoms. The molecule has 0 heterocycles. The zero-order valence-electron chi connectivity index (χ0n) is 6.81. The molecule has 0 N–H and O–H groups in total. The highest BCUT2D eigenvalue weighted by Gasteiger charge is 2.03. The molecule has 1 aromatic rings. The first-order chi connectivity index (χ1) is 6.59. The van der Waals surface area contributed by atoms with Crippen LogP contribution in [0.25, 0.3) is 0 Å². The lowest BCUT2D eigenvalue weighted by atomic mass is 10.3. The van der Waals surface area contributed by atoms with E-state index >= 15 is 0 Å². The third kappa shape index (κ3) is 3.24. The van der Waals surface area contributed by atoms with Gasteiger partial charge in [-0.1, -0.05) is 23.2 Å². The van der Waals surface area contributed by atoms with E-state index in [0.717, 1.165) is 6.26 Å². The van der Waals surface area contributed by atoms with E-state index in [0.29, 0.717) is 5.75 Å². The molecular weight excluding hydrogens is 229 g/mol. The summed E-state index contributed by atoms with van der Waals surface area (Å²) < 4.78 is 4.93. The second kappa shape index (κ2) is 4.83. The Morgan fingerprint density at radius 1 is 1.36 bits per heavy atom. The lowest BCUT2D eigenvalue weighted by molar-refractivity contribution is -0.384. The van der Waals surface area contributed by atoms with E-state index in [9.17, 15) is 10.1 Å². The Hall–Kier alpha value is -1.26. The van der Waals surface area contributed by atoms with Gasteiger partial charge in [-0.25, -0.2) is 0 Å². The predicted octanol–water partition coefficient (Wildman–Crippen LogP) is 3.25. The quantitative estimate of drug-likeness (QED) is 0.458. The fourth-order valence-corrected chi connectivity index (χ4v) is 0.848. The number of nitrogens with zero attached hydrogens (tertiary/aromatic N) is 1. The average molecular weight is 234 g/mol. The minimum absolute atomic E-state index is 0.00157. The van der Waals surface area contributed by atoms with Crippen molar-refractivity contribution in [2.45, 2.75) is 0 Å². The average Bonchev–Trinajstić information content (AvgIpc) is 2.15. The maximum atomic E-state index is 10.3. The standard InChI is InChI=1S/C8H5Cl2NO3/c9-8(10)5-14-7-3-1-6(2-4-7)11(12)13/h1-5H. The van der Waals surface area contributed by atoms with Crippen LogP contribution in [0.4, 0.5) is 5.69 Å². The molecule has 0 radical (unpaired) electrons. The highest BCUT2D eigenvalue weighted by molar-refractivity contribution is 6.55. The molecule has 14 heavy (non-hydrogen) atoms. The fourth-order valence-electron chi connectivity index (χ4n) is 0.759. The van der Waals surface area contributed by atoms with E-state index in [2.05, 4.69) is 0 Å². The SMILES string of the molecule is O=[N+]([O-])c1ccc(OC=C(Cl)Cl)cc1. The monoisotopic (exact) mass is 233 g/mol. The summed E-state index contributed by atoms with van der Waals surface area (Å²) in [6.07, 6.45) is 1.13. The predicted molar refractivity (Wildman–Crippen MR) is 53.5 cm³/mol.